The molecule has 0 radical (unpaired) electrons. The molecule has 0 aromatic carbocycles. The fourth-order valence-electron chi connectivity index (χ4n) is 0. The van der Waals surface area contributed by atoms with E-state index in [0.29, 0.717) is 0 Å². The van der Waals surface area contributed by atoms with E-state index in [2.05, 4.69) is 0 Å². The van der Waals surface area contributed by atoms with E-state index in [1.807, 2.05) is 0 Å². The zero-order chi connectivity index (χ0) is 0. The molecular formula is C66H278. The van der Waals surface area contributed by atoms with Crippen LogP contribution in [0.4, 0.5) is 0 Å². The van der Waals surface area contributed by atoms with E-state index < -0.39 is 0 Å². The summed E-state index contributed by atoms with van der Waals surface area (Å²) in [5.74, 6) is 0. The molecule has 0 rings (SSSR count). The van der Waals surface area contributed by atoms with E-state index in [1.165, 1.54) is 0 Å². The largest absolute Gasteiger partial charge is 0.0776 e. The zero-order valence-corrected chi connectivity index (χ0v) is 0. The Hall–Kier alpha value is 0. The molecule has 0 bridgehead atoms. The molecular weight excluding hydrogens is 793 g/mol. The van der Waals surface area contributed by atoms with Crippen molar-refractivity contribution in [2.24, 2.45) is 0 Å². The van der Waals surface area contributed by atoms with Gasteiger partial charge in [-0.2, -0.15) is 0 Å². The minimum atomic E-state index is 0. The summed E-state index contributed by atoms with van der Waals surface area (Å²) in [7, 11) is 0. The van der Waals surface area contributed by atoms with Gasteiger partial charge in [0.1, 0.15) is 0 Å². The van der Waals surface area contributed by atoms with Crippen LogP contribution in [0, 0.1) is 0 Å². The lowest BCUT2D eigenvalue weighted by Gasteiger charge is -0.0786. The normalized spacial score (nSPS) is 0. The first-order valence-corrected chi connectivity index (χ1v) is 0. The molecule has 0 aliphatic carbocycles. The van der Waals surface area contributed by atoms with Crippen LogP contribution in [0.15, 0.2) is 0 Å². The maximum Gasteiger partial charge on any atom is 0 e. The summed E-state index contributed by atoms with van der Waals surface area (Å²) in [6.07, 6.45) is 0. The quantitative estimate of drug-likeness (QED) is 0.227. The topological polar surface area (TPSA) is 0 Å². The maximum absolute atomic E-state index is 0. The molecule has 0 nitrogen and oxygen atoms in total. The third-order valence-electron chi connectivity index (χ3n) is 0. The molecule has 0 saturated carbocycles. The first-order chi connectivity index (χ1) is 0. The van der Waals surface area contributed by atoms with Gasteiger partial charge in [-0.05, 0) is 0 Å². The molecule has 0 saturated heterocycles. The van der Waals surface area contributed by atoms with Crippen molar-refractivity contribution in [3.05, 3.63) is 0 Å². The van der Waals surface area contributed by atoms with E-state index in [4.69, 9.17) is 0 Å². The van der Waals surface area contributed by atoms with Crippen molar-refractivity contribution in [2.75, 3.05) is 0 Å². The Morgan fingerprint density at radius 3 is 0.0303 bits per heavy atom. The minimum Gasteiger partial charge on any atom is -0.0776 e. The van der Waals surface area contributed by atoms with Crippen molar-refractivity contribution >= 4 is 0 Å². The van der Waals surface area contributed by atoms with Gasteiger partial charge in [0.05, 0.1) is 0 Å². The predicted octanol–water partition coefficient (Wildman–Crippen LogP) is 43.7. The van der Waals surface area contributed by atoms with Gasteiger partial charge >= 0.3 is 0 Å². The van der Waals surface area contributed by atoms with E-state index >= 15 is 0 Å². The molecule has 0 aromatic rings. The highest BCUT2D eigenvalue weighted by Gasteiger charge is -0.0126. The van der Waals surface area contributed by atoms with Crippen LogP contribution in [0.2, 0.25) is 0 Å². The monoisotopic (exact) mass is 1070 g/mol. The highest BCUT2D eigenvalue weighted by molar-refractivity contribution is 2.57. The van der Waals surface area contributed by atoms with Crippen molar-refractivity contribution in [3.8, 4) is 0 Å². The van der Waals surface area contributed by atoms with Crippen LogP contribution in [0.3, 0.4) is 0 Å². The van der Waals surface area contributed by atoms with Crippen molar-refractivity contribution in [2.45, 2.75) is 490 Å². The second kappa shape index (κ2) is 0. The molecule has 0 aromatic heterocycles. The third-order valence-corrected chi connectivity index (χ3v) is 0. The van der Waals surface area contributed by atoms with E-state index in [9.17, 15) is 0 Å². The van der Waals surface area contributed by atoms with Gasteiger partial charge in [-0.15, -0.1) is 0 Å². The standard InChI is InChI=1S/66CH4.7H2/h66*1H4;7*1H. The molecule has 66 heavy (non-hydrogen) atoms. The highest BCUT2D eigenvalue weighted by Crippen LogP contribution is 0.209. The summed E-state index contributed by atoms with van der Waals surface area (Å²) in [6, 6.07) is 0. The Labute approximate surface area is 498 Å². The maximum atomic E-state index is 0. The van der Waals surface area contributed by atoms with Gasteiger partial charge in [0.15, 0.2) is 0 Å². The fraction of sp³-hybridized carbons (Fsp3) is 1.00. The Balaban J connectivity index is 0. The predicted molar refractivity (Wildman–Crippen MR) is 459 cm³/mol. The van der Waals surface area contributed by atoms with Gasteiger partial charge < -0.3 is 0 Å². The Kier molecular flexibility index (Phi) is 0. The number of hydrogen-bond acceptors (Lipinski definition) is 0. The van der Waals surface area contributed by atoms with Crippen molar-refractivity contribution in [1.82, 2.24) is 0 Å². The summed E-state index contributed by atoms with van der Waals surface area (Å²) in [6.45, 7) is 0. The summed E-state index contributed by atoms with van der Waals surface area (Å²) < 4.78 is 0. The van der Waals surface area contributed by atoms with Crippen molar-refractivity contribution < 1.29 is 9.99 Å². The first kappa shape index (κ1) is 0. The average molecular weight is 1070 g/mol. The molecule has 0 aliphatic rings. The molecule has 0 spiro atoms. The van der Waals surface area contributed by atoms with Gasteiger partial charge in [0.25, 0.3) is 0 Å². The number of hydrogen-bond donors (Lipinski definition) is 0. The molecule has 0 aliphatic heterocycles. The van der Waals surface area contributed by atoms with E-state index in [-0.39, 0.29) is 500 Å². The lowest BCUT2D eigenvalue weighted by atomic mass is 12.0. The average Bonchev–Trinajstić information content (AvgIpc) is 0. The van der Waals surface area contributed by atoms with Crippen LogP contribution < -0.4 is 0 Å². The summed E-state index contributed by atoms with van der Waals surface area (Å²) in [5, 5.41) is 0. The lowest BCUT2D eigenvalue weighted by Crippen LogP contribution is 0.143. The van der Waals surface area contributed by atoms with E-state index in [0.717, 1.165) is 0 Å². The Morgan fingerprint density at radius 1 is 0.0303 bits per heavy atom. The smallest absolute Gasteiger partial charge is 0 e. The lowest BCUT2D eigenvalue weighted by molar-refractivity contribution is 2.50. The summed E-state index contributed by atoms with van der Waals surface area (Å²) in [4.78, 5) is 0. The second-order valence-electron chi connectivity index (χ2n) is 0. The SMILES string of the molecule is C.C.C.C.C.C.C.C.C.C.C.C.C.C.C.C.C.C.C.C.C.C.C.C.C.C.C.C.C.C.C.C.C.C.C.C.C.C.C.C.C.C.C.C.C.C.C.C.C.C.C.C.C.C.C.C.C.C.C.C.C.C.C.C.C.C.[HH].[HH].[HH].[HH].[HH].[HH].[HH]. The molecule has 0 fully saturated rings. The van der Waals surface area contributed by atoms with Gasteiger partial charge in [-0.25, -0.2) is 0 Å². The van der Waals surface area contributed by atoms with Crippen LogP contribution in [-0.2, 0) is 0 Å². The molecule has 0 unspecified atom stereocenters. The summed E-state index contributed by atoms with van der Waals surface area (Å²) >= 11 is 0. The Morgan fingerprint density at radius 2 is 0.0303 bits per heavy atom. The van der Waals surface area contributed by atoms with Crippen molar-refractivity contribution in [3.63, 3.8) is 0 Å². The molecule has 542 valence electrons. The van der Waals surface area contributed by atoms with Crippen LogP contribution >= 0.6 is 0 Å². The van der Waals surface area contributed by atoms with Crippen LogP contribution in [0.5, 0.6) is 0 Å². The van der Waals surface area contributed by atoms with Crippen molar-refractivity contribution in [1.29, 1.82) is 0 Å². The van der Waals surface area contributed by atoms with Crippen LogP contribution in [0.25, 0.3) is 0 Å². The second-order valence-corrected chi connectivity index (χ2v) is 0. The fourth-order valence-corrected chi connectivity index (χ4v) is 0. The molecule has 0 amide bonds. The van der Waals surface area contributed by atoms with Gasteiger partial charge in [0.2, 0.25) is 0 Å². The summed E-state index contributed by atoms with van der Waals surface area (Å²) in [5.41, 5.74) is 0. The first-order valence-electron chi connectivity index (χ1n) is 0. The molecule has 0 atom stereocenters. The zero-order valence-electron chi connectivity index (χ0n) is 0. The number of rotatable bonds is 0. The van der Waals surface area contributed by atoms with E-state index in [1.54, 1.807) is 0 Å². The van der Waals surface area contributed by atoms with Crippen LogP contribution in [-0.4, -0.2) is 0 Å². The van der Waals surface area contributed by atoms with Gasteiger partial charge in [-0.3, -0.25) is 0 Å². The molecule has 0 heterocycles. The van der Waals surface area contributed by atoms with Crippen LogP contribution in [0.1, 0.15) is 500 Å². The minimum absolute atomic E-state index is 0. The Bertz CT molecular complexity index is 33.3. The van der Waals surface area contributed by atoms with Gasteiger partial charge in [0, 0.05) is 9.99 Å². The third kappa shape index (κ3) is 0. The molecule has 0 N–H and O–H groups in total. The van der Waals surface area contributed by atoms with Gasteiger partial charge in [-0.1, -0.05) is 490 Å². The highest BCUT2D eigenvalue weighted by atomic mass is 12.1. The molecule has 0 heteroatoms.